The third-order valence-corrected chi connectivity index (χ3v) is 4.06. The lowest BCUT2D eigenvalue weighted by Gasteiger charge is -2.20. The minimum absolute atomic E-state index is 0.175. The van der Waals surface area contributed by atoms with Gasteiger partial charge in [0, 0.05) is 19.6 Å². The molecule has 1 aliphatic rings. The van der Waals surface area contributed by atoms with Crippen LogP contribution in [0.3, 0.4) is 0 Å². The van der Waals surface area contributed by atoms with Gasteiger partial charge in [-0.3, -0.25) is 4.90 Å². The Bertz CT molecular complexity index is 599. The lowest BCUT2D eigenvalue weighted by Crippen LogP contribution is -2.30. The van der Waals surface area contributed by atoms with Crippen molar-refractivity contribution in [1.82, 2.24) is 4.90 Å². The van der Waals surface area contributed by atoms with Crippen LogP contribution in [-0.4, -0.2) is 35.8 Å². The Morgan fingerprint density at radius 1 is 1.09 bits per heavy atom. The van der Waals surface area contributed by atoms with Crippen molar-refractivity contribution in [3.63, 3.8) is 0 Å². The van der Waals surface area contributed by atoms with E-state index in [0.717, 1.165) is 13.1 Å². The molecule has 1 aliphatic heterocycles. The predicted octanol–water partition coefficient (Wildman–Crippen LogP) is 2.93. The molecule has 22 heavy (non-hydrogen) atoms. The van der Waals surface area contributed by atoms with Crippen molar-refractivity contribution in [2.24, 2.45) is 0 Å². The summed E-state index contributed by atoms with van der Waals surface area (Å²) in [4.78, 5) is 2.26. The Balaban J connectivity index is 1.58. The molecule has 1 heterocycles. The highest BCUT2D eigenvalue weighted by Gasteiger charge is 2.40. The van der Waals surface area contributed by atoms with Gasteiger partial charge in [0.15, 0.2) is 0 Å². The van der Waals surface area contributed by atoms with E-state index in [0.29, 0.717) is 6.54 Å². The normalized spacial score (nSPS) is 20.3. The fraction of sp³-hybridized carbons (Fsp3) is 0.368. The van der Waals surface area contributed by atoms with Crippen molar-refractivity contribution >= 4 is 0 Å². The van der Waals surface area contributed by atoms with Crippen LogP contribution in [0.15, 0.2) is 54.6 Å². The zero-order chi connectivity index (χ0) is 15.4. The van der Waals surface area contributed by atoms with Crippen molar-refractivity contribution in [1.29, 1.82) is 0 Å². The second-order valence-corrected chi connectivity index (χ2v) is 5.95. The smallest absolute Gasteiger partial charge is 0.110 e. The fourth-order valence-corrected chi connectivity index (χ4v) is 2.89. The van der Waals surface area contributed by atoms with Crippen LogP contribution in [-0.2, 0) is 11.3 Å². The summed E-state index contributed by atoms with van der Waals surface area (Å²) in [6.45, 7) is 4.66. The van der Waals surface area contributed by atoms with Crippen molar-refractivity contribution in [2.75, 3.05) is 19.7 Å². The maximum atomic E-state index is 9.28. The first-order valence-electron chi connectivity index (χ1n) is 7.85. The Morgan fingerprint density at radius 2 is 1.91 bits per heavy atom. The summed E-state index contributed by atoms with van der Waals surface area (Å²) in [6, 6.07) is 18.9. The van der Waals surface area contributed by atoms with Crippen molar-refractivity contribution < 1.29 is 9.84 Å². The molecular weight excluding hydrogens is 274 g/mol. The number of aliphatic hydroxyl groups is 1. The number of hydrogen-bond donors (Lipinski definition) is 1. The Kier molecular flexibility index (Phi) is 4.88. The maximum Gasteiger partial charge on any atom is 0.110 e. The Morgan fingerprint density at radius 3 is 2.64 bits per heavy atom. The molecule has 116 valence electrons. The lowest BCUT2D eigenvalue weighted by atomic mass is 10.1. The average molecular weight is 297 g/mol. The topological polar surface area (TPSA) is 36.0 Å². The van der Waals surface area contributed by atoms with Gasteiger partial charge in [-0.15, -0.1) is 0 Å². The van der Waals surface area contributed by atoms with Gasteiger partial charge in [0.2, 0.25) is 0 Å². The molecule has 1 N–H and O–H groups in total. The molecular formula is C19H23NO2. The zero-order valence-electron chi connectivity index (χ0n) is 13.0. The summed E-state index contributed by atoms with van der Waals surface area (Å²) in [5.74, 6) is 0. The average Bonchev–Trinajstić information content (AvgIpc) is 3.28. The number of nitrogens with zero attached hydrogens (tertiary/aromatic N) is 1. The number of ether oxygens (including phenoxy) is 1. The Labute approximate surface area is 132 Å². The van der Waals surface area contributed by atoms with Gasteiger partial charge in [-0.05, 0) is 18.1 Å². The third-order valence-electron chi connectivity index (χ3n) is 4.06. The summed E-state index contributed by atoms with van der Waals surface area (Å²) in [5.41, 5.74) is 3.79. The molecule has 0 aromatic heterocycles. The highest BCUT2D eigenvalue weighted by Crippen LogP contribution is 2.39. The van der Waals surface area contributed by atoms with Gasteiger partial charge >= 0.3 is 0 Å². The van der Waals surface area contributed by atoms with Crippen molar-refractivity contribution in [3.8, 4) is 0 Å². The van der Waals surface area contributed by atoms with Crippen LogP contribution in [0.4, 0.5) is 0 Å². The number of rotatable bonds is 7. The van der Waals surface area contributed by atoms with Crippen molar-refractivity contribution in [3.05, 3.63) is 71.3 Å². The molecule has 0 radical (unpaired) electrons. The molecule has 1 saturated heterocycles. The highest BCUT2D eigenvalue weighted by atomic mass is 16.6. The molecule has 0 saturated carbocycles. The van der Waals surface area contributed by atoms with E-state index in [9.17, 15) is 5.11 Å². The highest BCUT2D eigenvalue weighted by molar-refractivity contribution is 5.27. The summed E-state index contributed by atoms with van der Waals surface area (Å²) in [5, 5.41) is 9.28. The number of hydrogen-bond acceptors (Lipinski definition) is 3. The van der Waals surface area contributed by atoms with E-state index in [-0.39, 0.29) is 18.8 Å². The van der Waals surface area contributed by atoms with Crippen LogP contribution < -0.4 is 0 Å². The first kappa shape index (κ1) is 15.2. The molecule has 0 spiro atoms. The van der Waals surface area contributed by atoms with E-state index in [4.69, 9.17) is 4.74 Å². The first-order chi connectivity index (χ1) is 10.8. The third kappa shape index (κ3) is 3.95. The van der Waals surface area contributed by atoms with Gasteiger partial charge in [-0.25, -0.2) is 0 Å². The van der Waals surface area contributed by atoms with Gasteiger partial charge in [0.05, 0.1) is 6.61 Å². The first-order valence-corrected chi connectivity index (χ1v) is 7.85. The van der Waals surface area contributed by atoms with E-state index >= 15 is 0 Å². The molecule has 2 aromatic carbocycles. The molecule has 0 bridgehead atoms. The summed E-state index contributed by atoms with van der Waals surface area (Å²) < 4.78 is 5.85. The SMILES string of the molecule is Cc1cccc(C2OC2CN(CCO)Cc2ccccc2)c1. The van der Waals surface area contributed by atoms with Crippen LogP contribution in [0.1, 0.15) is 22.8 Å². The van der Waals surface area contributed by atoms with E-state index in [1.807, 2.05) is 6.07 Å². The maximum absolute atomic E-state index is 9.28. The van der Waals surface area contributed by atoms with Gasteiger partial charge in [-0.1, -0.05) is 60.2 Å². The molecule has 2 unspecified atom stereocenters. The van der Waals surface area contributed by atoms with Gasteiger partial charge in [0.25, 0.3) is 0 Å². The predicted molar refractivity (Wildman–Crippen MR) is 87.6 cm³/mol. The molecule has 1 fully saturated rings. The monoisotopic (exact) mass is 297 g/mol. The van der Waals surface area contributed by atoms with Crippen LogP contribution in [0.5, 0.6) is 0 Å². The van der Waals surface area contributed by atoms with Crippen LogP contribution in [0.25, 0.3) is 0 Å². The molecule has 3 heteroatoms. The van der Waals surface area contributed by atoms with E-state index in [1.165, 1.54) is 16.7 Å². The number of aliphatic hydroxyl groups excluding tert-OH is 1. The van der Waals surface area contributed by atoms with Crippen molar-refractivity contribution in [2.45, 2.75) is 25.7 Å². The molecule has 0 aliphatic carbocycles. The van der Waals surface area contributed by atoms with E-state index < -0.39 is 0 Å². The van der Waals surface area contributed by atoms with Crippen LogP contribution >= 0.6 is 0 Å². The second kappa shape index (κ2) is 7.05. The second-order valence-electron chi connectivity index (χ2n) is 5.95. The lowest BCUT2D eigenvalue weighted by molar-refractivity contribution is 0.178. The standard InChI is InChI=1S/C19H23NO2/c1-15-6-5-9-17(12-15)19-18(22-19)14-20(10-11-21)13-16-7-3-2-4-8-16/h2-9,12,18-19,21H,10-11,13-14H2,1H3. The van der Waals surface area contributed by atoms with Crippen LogP contribution in [0.2, 0.25) is 0 Å². The van der Waals surface area contributed by atoms with Crippen LogP contribution in [0, 0.1) is 6.92 Å². The fourth-order valence-electron chi connectivity index (χ4n) is 2.89. The number of epoxide rings is 1. The molecule has 2 aromatic rings. The largest absolute Gasteiger partial charge is 0.395 e. The molecule has 0 amide bonds. The summed E-state index contributed by atoms with van der Waals surface area (Å²) >= 11 is 0. The number of aryl methyl sites for hydroxylation is 1. The van der Waals surface area contributed by atoms with Gasteiger partial charge in [0.1, 0.15) is 12.2 Å². The molecule has 2 atom stereocenters. The minimum Gasteiger partial charge on any atom is -0.395 e. The summed E-state index contributed by atoms with van der Waals surface area (Å²) in [6.07, 6.45) is 0.439. The van der Waals surface area contributed by atoms with Gasteiger partial charge < -0.3 is 9.84 Å². The minimum atomic E-state index is 0.175. The number of benzene rings is 2. The Hall–Kier alpha value is -1.68. The molecule has 3 rings (SSSR count). The summed E-state index contributed by atoms with van der Waals surface area (Å²) in [7, 11) is 0. The quantitative estimate of drug-likeness (QED) is 0.798. The zero-order valence-corrected chi connectivity index (χ0v) is 13.0. The molecule has 3 nitrogen and oxygen atoms in total. The van der Waals surface area contributed by atoms with Gasteiger partial charge in [-0.2, -0.15) is 0 Å². The van der Waals surface area contributed by atoms with E-state index in [1.54, 1.807) is 0 Å². The van der Waals surface area contributed by atoms with E-state index in [2.05, 4.69) is 60.4 Å².